The molecule has 0 spiro atoms. The van der Waals surface area contributed by atoms with Gasteiger partial charge in [-0.25, -0.2) is 0 Å². The maximum atomic E-state index is 10.6. The van der Waals surface area contributed by atoms with E-state index in [1.807, 2.05) is 66.7 Å². The van der Waals surface area contributed by atoms with Gasteiger partial charge in [0.15, 0.2) is 0 Å². The minimum atomic E-state index is -0.379. The Hall–Kier alpha value is -3.54. The highest BCUT2D eigenvalue weighted by Crippen LogP contribution is 2.31. The van der Waals surface area contributed by atoms with Gasteiger partial charge in [0, 0.05) is 24.2 Å². The fraction of sp³-hybridized carbons (Fsp3) is 0.409. The van der Waals surface area contributed by atoms with Gasteiger partial charge < -0.3 is 15.1 Å². The summed E-state index contributed by atoms with van der Waals surface area (Å²) in [5.41, 5.74) is 4.74. The summed E-state index contributed by atoms with van der Waals surface area (Å²) in [5.74, 6) is 0. The highest BCUT2D eigenvalue weighted by molar-refractivity contribution is 5.49. The van der Waals surface area contributed by atoms with E-state index in [2.05, 4.69) is 90.6 Å². The van der Waals surface area contributed by atoms with Crippen molar-refractivity contribution in [2.45, 2.75) is 101 Å². The standard InChI is InChI=1S/C22H29NO.C22H27NO/c2*1-23-20(16-15-18-9-4-2-5-10-18)13-8-14-21(23)17-22(24)19-11-6-3-7-12-19/h2-7,9-12,20-22,24H,8,13-17H2,1H3;2-7,9-12,15-16,20-22,24H,8,13-14,17H2,1H3/b;16-15+/t2*20-,21+,22+/m00/s1. The van der Waals surface area contributed by atoms with Crippen molar-refractivity contribution >= 4 is 6.08 Å². The normalized spacial score (nSPS) is 23.2. The van der Waals surface area contributed by atoms with E-state index in [1.165, 1.54) is 49.7 Å². The minimum Gasteiger partial charge on any atom is -0.388 e. The van der Waals surface area contributed by atoms with Gasteiger partial charge >= 0.3 is 0 Å². The van der Waals surface area contributed by atoms with Crippen molar-refractivity contribution in [3.8, 4) is 0 Å². The van der Waals surface area contributed by atoms with Gasteiger partial charge in [0.05, 0.1) is 12.2 Å². The lowest BCUT2D eigenvalue weighted by molar-refractivity contribution is 0.0585. The predicted molar refractivity (Wildman–Crippen MR) is 201 cm³/mol. The third-order valence-electron chi connectivity index (χ3n) is 10.6. The molecule has 6 atom stereocenters. The molecule has 2 heterocycles. The molecule has 0 aromatic heterocycles. The lowest BCUT2D eigenvalue weighted by atomic mass is 9.88. The quantitative estimate of drug-likeness (QED) is 0.171. The zero-order valence-electron chi connectivity index (χ0n) is 29.0. The number of piperidine rings is 2. The van der Waals surface area contributed by atoms with E-state index in [0.29, 0.717) is 24.2 Å². The molecule has 2 aliphatic heterocycles. The van der Waals surface area contributed by atoms with E-state index in [1.54, 1.807) is 0 Å². The average molecular weight is 645 g/mol. The molecule has 0 aliphatic carbocycles. The van der Waals surface area contributed by atoms with Crippen LogP contribution in [0.15, 0.2) is 127 Å². The topological polar surface area (TPSA) is 46.9 Å². The second kappa shape index (κ2) is 18.9. The second-order valence-corrected chi connectivity index (χ2v) is 13.8. The molecule has 0 amide bonds. The van der Waals surface area contributed by atoms with Gasteiger partial charge in [-0.1, -0.05) is 146 Å². The Balaban J connectivity index is 0.000000188. The lowest BCUT2D eigenvalue weighted by Crippen LogP contribution is -2.44. The Kier molecular flexibility index (Phi) is 14.0. The molecule has 2 saturated heterocycles. The summed E-state index contributed by atoms with van der Waals surface area (Å²) in [7, 11) is 4.44. The van der Waals surface area contributed by atoms with Crippen molar-refractivity contribution in [2.24, 2.45) is 0 Å². The number of aliphatic hydroxyl groups is 2. The highest BCUT2D eigenvalue weighted by Gasteiger charge is 2.30. The van der Waals surface area contributed by atoms with Crippen molar-refractivity contribution in [1.82, 2.24) is 9.80 Å². The Labute approximate surface area is 289 Å². The van der Waals surface area contributed by atoms with Crippen LogP contribution in [0.4, 0.5) is 0 Å². The third kappa shape index (κ3) is 10.7. The van der Waals surface area contributed by atoms with E-state index >= 15 is 0 Å². The first-order valence-corrected chi connectivity index (χ1v) is 18.1. The maximum Gasteiger partial charge on any atom is 0.0805 e. The van der Waals surface area contributed by atoms with E-state index in [-0.39, 0.29) is 12.2 Å². The predicted octanol–water partition coefficient (Wildman–Crippen LogP) is 9.27. The molecule has 4 nitrogen and oxygen atoms in total. The van der Waals surface area contributed by atoms with Gasteiger partial charge in [-0.15, -0.1) is 0 Å². The Morgan fingerprint density at radius 3 is 1.60 bits per heavy atom. The van der Waals surface area contributed by atoms with Crippen LogP contribution >= 0.6 is 0 Å². The fourth-order valence-electron chi connectivity index (χ4n) is 7.59. The third-order valence-corrected chi connectivity index (χ3v) is 10.6. The molecule has 0 unspecified atom stereocenters. The van der Waals surface area contributed by atoms with Crippen LogP contribution in [0.1, 0.15) is 92.2 Å². The molecule has 48 heavy (non-hydrogen) atoms. The molecule has 6 rings (SSSR count). The van der Waals surface area contributed by atoms with Crippen LogP contribution in [0.3, 0.4) is 0 Å². The molecule has 4 aromatic rings. The van der Waals surface area contributed by atoms with E-state index in [9.17, 15) is 10.2 Å². The average Bonchev–Trinajstić information content (AvgIpc) is 3.14. The monoisotopic (exact) mass is 644 g/mol. The van der Waals surface area contributed by atoms with Crippen LogP contribution in [-0.4, -0.2) is 58.3 Å². The molecule has 4 aromatic carbocycles. The molecule has 4 heteroatoms. The zero-order chi connectivity index (χ0) is 33.6. The maximum absolute atomic E-state index is 10.6. The summed E-state index contributed by atoms with van der Waals surface area (Å²) in [6.07, 6.45) is 15.1. The number of benzene rings is 4. The molecular weight excluding hydrogens is 588 g/mol. The first kappa shape index (κ1) is 35.8. The number of hydrogen-bond acceptors (Lipinski definition) is 4. The van der Waals surface area contributed by atoms with E-state index in [0.717, 1.165) is 36.8 Å². The first-order chi connectivity index (χ1) is 23.5. The Morgan fingerprint density at radius 1 is 0.583 bits per heavy atom. The number of aliphatic hydroxyl groups excluding tert-OH is 2. The summed E-state index contributed by atoms with van der Waals surface area (Å²) < 4.78 is 0. The van der Waals surface area contributed by atoms with Crippen LogP contribution in [0.5, 0.6) is 0 Å². The van der Waals surface area contributed by atoms with Gasteiger partial charge in [-0.3, -0.25) is 4.90 Å². The van der Waals surface area contributed by atoms with Gasteiger partial charge in [-0.05, 0) is 87.7 Å². The summed E-state index contributed by atoms with van der Waals surface area (Å²) in [4.78, 5) is 4.97. The van der Waals surface area contributed by atoms with Gasteiger partial charge in [0.25, 0.3) is 0 Å². The van der Waals surface area contributed by atoms with Gasteiger partial charge in [0.2, 0.25) is 0 Å². The number of likely N-dealkylation sites (N-methyl/N-ethyl adjacent to an activating group) is 1. The number of rotatable bonds is 11. The van der Waals surface area contributed by atoms with Crippen molar-refractivity contribution < 1.29 is 10.2 Å². The minimum absolute atomic E-state index is 0.355. The van der Waals surface area contributed by atoms with Crippen molar-refractivity contribution in [2.75, 3.05) is 14.1 Å². The summed E-state index contributed by atoms with van der Waals surface area (Å²) in [6, 6.07) is 43.3. The molecule has 0 saturated carbocycles. The van der Waals surface area contributed by atoms with Gasteiger partial charge in [-0.2, -0.15) is 0 Å². The lowest BCUT2D eigenvalue weighted by Gasteiger charge is -2.40. The Bertz CT molecular complexity index is 1460. The molecular formula is C44H56N2O2. The Morgan fingerprint density at radius 2 is 1.04 bits per heavy atom. The molecule has 0 bridgehead atoms. The molecule has 2 aliphatic rings. The van der Waals surface area contributed by atoms with Crippen LogP contribution in [0.2, 0.25) is 0 Å². The van der Waals surface area contributed by atoms with Crippen LogP contribution in [0, 0.1) is 0 Å². The fourth-order valence-corrected chi connectivity index (χ4v) is 7.59. The number of hydrogen-bond donors (Lipinski definition) is 2. The second-order valence-electron chi connectivity index (χ2n) is 13.8. The smallest absolute Gasteiger partial charge is 0.0805 e. The van der Waals surface area contributed by atoms with Crippen LogP contribution in [0.25, 0.3) is 6.08 Å². The van der Waals surface area contributed by atoms with Gasteiger partial charge in [0.1, 0.15) is 0 Å². The van der Waals surface area contributed by atoms with Crippen molar-refractivity contribution in [1.29, 1.82) is 0 Å². The number of likely N-dealkylation sites (tertiary alicyclic amines) is 2. The molecule has 2 N–H and O–H groups in total. The summed E-state index contributed by atoms with van der Waals surface area (Å²) in [6.45, 7) is 0. The van der Waals surface area contributed by atoms with Crippen molar-refractivity contribution in [3.05, 3.63) is 150 Å². The summed E-state index contributed by atoms with van der Waals surface area (Å²) >= 11 is 0. The summed E-state index contributed by atoms with van der Waals surface area (Å²) in [5, 5.41) is 21.1. The SMILES string of the molecule is CN1[C@@H](C[C@@H](O)c2ccccc2)CCC[C@H]1/C=C/c1ccccc1.CN1[C@H](CCc2ccccc2)CCC[C@@H]1C[C@@H](O)c1ccccc1. The molecule has 2 fully saturated rings. The first-order valence-electron chi connectivity index (χ1n) is 18.1. The number of aryl methyl sites for hydroxylation is 1. The molecule has 0 radical (unpaired) electrons. The largest absolute Gasteiger partial charge is 0.388 e. The van der Waals surface area contributed by atoms with Crippen LogP contribution < -0.4 is 0 Å². The number of nitrogens with zero attached hydrogens (tertiary/aromatic N) is 2. The van der Waals surface area contributed by atoms with Crippen molar-refractivity contribution in [3.63, 3.8) is 0 Å². The molecule has 254 valence electrons. The zero-order valence-corrected chi connectivity index (χ0v) is 29.0. The van der Waals surface area contributed by atoms with E-state index in [4.69, 9.17) is 0 Å². The van der Waals surface area contributed by atoms with Crippen LogP contribution in [-0.2, 0) is 6.42 Å². The van der Waals surface area contributed by atoms with E-state index < -0.39 is 0 Å². The highest BCUT2D eigenvalue weighted by atomic mass is 16.3.